The minimum Gasteiger partial charge on any atom is -0.390 e. The van der Waals surface area contributed by atoms with E-state index in [4.69, 9.17) is 15.2 Å². The van der Waals surface area contributed by atoms with Gasteiger partial charge < -0.3 is 20.3 Å². The van der Waals surface area contributed by atoms with Crippen LogP contribution in [-0.2, 0) is 9.47 Å². The molecule has 0 spiro atoms. The van der Waals surface area contributed by atoms with Gasteiger partial charge in [-0.05, 0) is 6.42 Å². The summed E-state index contributed by atoms with van der Waals surface area (Å²) < 4.78 is 10.6. The van der Waals surface area contributed by atoms with Gasteiger partial charge in [-0.2, -0.15) is 0 Å². The summed E-state index contributed by atoms with van der Waals surface area (Å²) >= 11 is 0. The normalized spacial score (nSPS) is 46.4. The highest BCUT2D eigenvalue weighted by atomic mass is 16.7. The summed E-state index contributed by atoms with van der Waals surface area (Å²) in [6, 6.07) is -0.247. The first kappa shape index (κ1) is 10.9. The zero-order valence-electron chi connectivity index (χ0n) is 8.43. The summed E-state index contributed by atoms with van der Waals surface area (Å²) in [6.45, 7) is 3.90. The molecule has 1 aliphatic heterocycles. The largest absolute Gasteiger partial charge is 0.390 e. The zero-order chi connectivity index (χ0) is 10.0. The summed E-state index contributed by atoms with van der Waals surface area (Å²) in [6.07, 6.45) is -0.243. The molecular formula is C9H19NO3. The number of methoxy groups -OCH3 is 1. The number of hydrogen-bond acceptors (Lipinski definition) is 4. The number of nitrogens with two attached hydrogens (primary N) is 1. The van der Waals surface area contributed by atoms with E-state index >= 15 is 0 Å². The highest BCUT2D eigenvalue weighted by Crippen LogP contribution is 2.26. The first-order valence-corrected chi connectivity index (χ1v) is 4.73. The van der Waals surface area contributed by atoms with Gasteiger partial charge in [0.25, 0.3) is 0 Å². The fourth-order valence-corrected chi connectivity index (χ4v) is 1.71. The van der Waals surface area contributed by atoms with E-state index in [2.05, 4.69) is 0 Å². The molecule has 3 N–H and O–H groups in total. The second kappa shape index (κ2) is 4.37. The standard InChI is InChI=1S/C9H19NO3/c1-4-6-8(11)5(2)7(10)9(12-3)13-6/h5-9,11H,4,10H2,1-3H3/t5-,6?,7?,8?,9?/m1/s1. The van der Waals surface area contributed by atoms with E-state index in [1.54, 1.807) is 7.11 Å². The lowest BCUT2D eigenvalue weighted by Crippen LogP contribution is -2.57. The Bertz CT molecular complexity index is 145. The fourth-order valence-electron chi connectivity index (χ4n) is 1.71. The summed E-state index contributed by atoms with van der Waals surface area (Å²) in [5.74, 6) is 0.0173. The molecule has 1 heterocycles. The predicted molar refractivity (Wildman–Crippen MR) is 49.1 cm³/mol. The lowest BCUT2D eigenvalue weighted by molar-refractivity contribution is -0.236. The van der Waals surface area contributed by atoms with Crippen molar-refractivity contribution in [3.8, 4) is 0 Å². The molecule has 0 aromatic heterocycles. The van der Waals surface area contributed by atoms with Crippen LogP contribution in [0.3, 0.4) is 0 Å². The van der Waals surface area contributed by atoms with Crippen LogP contribution in [0, 0.1) is 5.92 Å². The van der Waals surface area contributed by atoms with E-state index in [9.17, 15) is 5.11 Å². The maximum atomic E-state index is 9.76. The van der Waals surface area contributed by atoms with Crippen molar-refractivity contribution in [1.82, 2.24) is 0 Å². The van der Waals surface area contributed by atoms with Crippen molar-refractivity contribution in [3.63, 3.8) is 0 Å². The van der Waals surface area contributed by atoms with Crippen LogP contribution < -0.4 is 5.73 Å². The van der Waals surface area contributed by atoms with Crippen LogP contribution in [0.4, 0.5) is 0 Å². The molecular weight excluding hydrogens is 170 g/mol. The van der Waals surface area contributed by atoms with E-state index in [1.807, 2.05) is 13.8 Å². The molecule has 0 aromatic carbocycles. The summed E-state index contributed by atoms with van der Waals surface area (Å²) in [7, 11) is 1.57. The van der Waals surface area contributed by atoms with Crippen molar-refractivity contribution in [2.45, 2.75) is 44.8 Å². The molecule has 0 aromatic rings. The maximum absolute atomic E-state index is 9.76. The average molecular weight is 189 g/mol. The monoisotopic (exact) mass is 189 g/mol. The first-order valence-electron chi connectivity index (χ1n) is 4.73. The fraction of sp³-hybridized carbons (Fsp3) is 1.00. The third-order valence-corrected chi connectivity index (χ3v) is 2.78. The Balaban J connectivity index is 2.66. The van der Waals surface area contributed by atoms with Gasteiger partial charge in [0.05, 0.1) is 18.2 Å². The first-order chi connectivity index (χ1) is 6.11. The van der Waals surface area contributed by atoms with Crippen LogP contribution in [-0.4, -0.2) is 36.8 Å². The minimum absolute atomic E-state index is 0.0173. The van der Waals surface area contributed by atoms with Crippen LogP contribution >= 0.6 is 0 Å². The predicted octanol–water partition coefficient (Wildman–Crippen LogP) is 0.0920. The van der Waals surface area contributed by atoms with Crippen molar-refractivity contribution in [1.29, 1.82) is 0 Å². The third kappa shape index (κ3) is 2.02. The molecule has 1 saturated heterocycles. The van der Waals surface area contributed by atoms with Gasteiger partial charge in [-0.25, -0.2) is 0 Å². The Morgan fingerprint density at radius 2 is 2.15 bits per heavy atom. The van der Waals surface area contributed by atoms with Crippen LogP contribution in [0.1, 0.15) is 20.3 Å². The van der Waals surface area contributed by atoms with E-state index in [1.165, 1.54) is 0 Å². The molecule has 1 rings (SSSR count). The van der Waals surface area contributed by atoms with Crippen molar-refractivity contribution in [2.75, 3.05) is 7.11 Å². The molecule has 0 amide bonds. The number of rotatable bonds is 2. The number of ether oxygens (including phenoxy) is 2. The molecule has 4 unspecified atom stereocenters. The Morgan fingerprint density at radius 1 is 1.54 bits per heavy atom. The Morgan fingerprint density at radius 3 is 2.62 bits per heavy atom. The van der Waals surface area contributed by atoms with E-state index in [-0.39, 0.29) is 24.4 Å². The van der Waals surface area contributed by atoms with Crippen LogP contribution in [0.5, 0.6) is 0 Å². The van der Waals surface area contributed by atoms with Crippen molar-refractivity contribution >= 4 is 0 Å². The minimum atomic E-state index is -0.480. The highest BCUT2D eigenvalue weighted by molar-refractivity contribution is 4.88. The number of hydrogen-bond donors (Lipinski definition) is 2. The van der Waals surface area contributed by atoms with Gasteiger partial charge in [-0.3, -0.25) is 0 Å². The van der Waals surface area contributed by atoms with Crippen molar-refractivity contribution in [2.24, 2.45) is 11.7 Å². The molecule has 13 heavy (non-hydrogen) atoms. The van der Waals surface area contributed by atoms with Gasteiger partial charge in [0.1, 0.15) is 0 Å². The Hall–Kier alpha value is -0.160. The quantitative estimate of drug-likeness (QED) is 0.646. The summed E-state index contributed by atoms with van der Waals surface area (Å²) in [4.78, 5) is 0. The van der Waals surface area contributed by atoms with Gasteiger partial charge in [0.15, 0.2) is 6.29 Å². The second-order valence-corrected chi connectivity index (χ2v) is 3.61. The van der Waals surface area contributed by atoms with E-state index in [0.29, 0.717) is 0 Å². The second-order valence-electron chi connectivity index (χ2n) is 3.61. The van der Waals surface area contributed by atoms with Crippen molar-refractivity contribution < 1.29 is 14.6 Å². The van der Waals surface area contributed by atoms with Gasteiger partial charge in [-0.15, -0.1) is 0 Å². The van der Waals surface area contributed by atoms with Crippen LogP contribution in [0.2, 0.25) is 0 Å². The zero-order valence-corrected chi connectivity index (χ0v) is 8.43. The van der Waals surface area contributed by atoms with E-state index < -0.39 is 6.10 Å². The summed E-state index contributed by atoms with van der Waals surface area (Å²) in [5.41, 5.74) is 5.83. The third-order valence-electron chi connectivity index (χ3n) is 2.78. The number of aliphatic hydroxyl groups excluding tert-OH is 1. The molecule has 0 aliphatic carbocycles. The van der Waals surface area contributed by atoms with Crippen LogP contribution in [0.25, 0.3) is 0 Å². The molecule has 1 fully saturated rings. The molecule has 4 heteroatoms. The molecule has 78 valence electrons. The highest BCUT2D eigenvalue weighted by Gasteiger charge is 2.40. The maximum Gasteiger partial charge on any atom is 0.173 e. The summed E-state index contributed by atoms with van der Waals surface area (Å²) in [5, 5.41) is 9.76. The van der Waals surface area contributed by atoms with Gasteiger partial charge in [0, 0.05) is 13.0 Å². The molecule has 4 nitrogen and oxygen atoms in total. The lowest BCUT2D eigenvalue weighted by atomic mass is 9.88. The topological polar surface area (TPSA) is 64.7 Å². The van der Waals surface area contributed by atoms with Crippen LogP contribution in [0.15, 0.2) is 0 Å². The van der Waals surface area contributed by atoms with Crippen molar-refractivity contribution in [3.05, 3.63) is 0 Å². The number of aliphatic hydroxyl groups is 1. The smallest absolute Gasteiger partial charge is 0.173 e. The molecule has 0 bridgehead atoms. The molecule has 5 atom stereocenters. The van der Waals surface area contributed by atoms with Gasteiger partial charge in [0.2, 0.25) is 0 Å². The average Bonchev–Trinajstić information content (AvgIpc) is 2.15. The molecule has 0 saturated carbocycles. The van der Waals surface area contributed by atoms with E-state index in [0.717, 1.165) is 6.42 Å². The Labute approximate surface area is 79.0 Å². The van der Waals surface area contributed by atoms with Gasteiger partial charge in [-0.1, -0.05) is 13.8 Å². The Kier molecular flexibility index (Phi) is 3.67. The SMILES string of the molecule is CCC1OC(OC)C(N)[C@@H](C)C1O. The van der Waals surface area contributed by atoms with Gasteiger partial charge >= 0.3 is 0 Å². The molecule has 0 radical (unpaired) electrons. The lowest BCUT2D eigenvalue weighted by Gasteiger charge is -2.41. The molecule has 1 aliphatic rings.